The fraction of sp³-hybridized carbons (Fsp3) is 0.682. The van der Waals surface area contributed by atoms with E-state index in [2.05, 4.69) is 5.32 Å². The van der Waals surface area contributed by atoms with Crippen LogP contribution >= 0.6 is 11.8 Å². The number of ketones is 1. The Morgan fingerprint density at radius 2 is 1.69 bits per heavy atom. The predicted octanol–water partition coefficient (Wildman–Crippen LogP) is 4.61. The fourth-order valence-electron chi connectivity index (χ4n) is 6.04. The molecule has 0 aromatic carbocycles. The van der Waals surface area contributed by atoms with Crippen LogP contribution in [0.3, 0.4) is 0 Å². The molecule has 4 aliphatic carbocycles. The van der Waals surface area contributed by atoms with Crippen molar-refractivity contribution < 1.29 is 23.5 Å². The molecule has 1 aromatic rings. The van der Waals surface area contributed by atoms with Crippen molar-refractivity contribution in [2.45, 2.75) is 64.0 Å². The monoisotopic (exact) mass is 419 g/mol. The van der Waals surface area contributed by atoms with Crippen LogP contribution in [-0.4, -0.2) is 34.8 Å². The first-order chi connectivity index (χ1) is 13.8. The highest BCUT2D eigenvalue weighted by molar-refractivity contribution is 8.01. The first kappa shape index (κ1) is 20.5. The summed E-state index contributed by atoms with van der Waals surface area (Å²) in [5.74, 6) is 1.99. The molecular formula is C22H29NO5S. The molecule has 0 atom stereocenters. The Morgan fingerprint density at radius 3 is 2.21 bits per heavy atom. The molecule has 4 aliphatic rings. The van der Waals surface area contributed by atoms with Crippen molar-refractivity contribution in [2.75, 3.05) is 17.7 Å². The lowest BCUT2D eigenvalue weighted by atomic mass is 9.56. The zero-order valence-corrected chi connectivity index (χ0v) is 18.2. The number of hydrogen-bond acceptors (Lipinski definition) is 6. The minimum Gasteiger partial charge on any atom is -0.462 e. The molecule has 0 saturated heterocycles. The van der Waals surface area contributed by atoms with Crippen molar-refractivity contribution in [3.8, 4) is 0 Å². The van der Waals surface area contributed by atoms with E-state index >= 15 is 0 Å². The van der Waals surface area contributed by atoms with E-state index < -0.39 is 5.97 Å². The highest BCUT2D eigenvalue weighted by atomic mass is 32.2. The topological polar surface area (TPSA) is 85.6 Å². The van der Waals surface area contributed by atoms with Crippen LogP contribution in [0.25, 0.3) is 0 Å². The molecule has 1 heterocycles. The second-order valence-electron chi connectivity index (χ2n) is 8.95. The van der Waals surface area contributed by atoms with Crippen molar-refractivity contribution in [2.24, 2.45) is 17.8 Å². The van der Waals surface area contributed by atoms with Crippen LogP contribution in [0.5, 0.6) is 0 Å². The number of ether oxygens (including phenoxy) is 1. The Labute approximate surface area is 175 Å². The van der Waals surface area contributed by atoms with Gasteiger partial charge in [-0.25, -0.2) is 4.79 Å². The molecular weight excluding hydrogens is 390 g/mol. The van der Waals surface area contributed by atoms with Gasteiger partial charge in [0.05, 0.1) is 17.9 Å². The Kier molecular flexibility index (Phi) is 5.53. The third kappa shape index (κ3) is 3.98. The zero-order chi connectivity index (χ0) is 20.8. The first-order valence-electron chi connectivity index (χ1n) is 10.6. The third-order valence-corrected chi connectivity index (χ3v) is 8.18. The Bertz CT molecular complexity index is 807. The number of hydrogen-bond donors (Lipinski definition) is 1. The summed E-state index contributed by atoms with van der Waals surface area (Å²) in [6.45, 7) is 4.85. The number of aryl methyl sites for hydroxylation is 1. The number of rotatable bonds is 7. The van der Waals surface area contributed by atoms with E-state index in [9.17, 15) is 14.4 Å². The van der Waals surface area contributed by atoms with Gasteiger partial charge in [-0.1, -0.05) is 0 Å². The van der Waals surface area contributed by atoms with Gasteiger partial charge in [-0.2, -0.15) is 0 Å². The number of furan rings is 1. The lowest BCUT2D eigenvalue weighted by Crippen LogP contribution is -2.49. The zero-order valence-electron chi connectivity index (χ0n) is 17.3. The van der Waals surface area contributed by atoms with Crippen LogP contribution in [0.4, 0.5) is 5.88 Å². The van der Waals surface area contributed by atoms with Gasteiger partial charge in [-0.3, -0.25) is 14.9 Å². The second-order valence-corrected chi connectivity index (χ2v) is 10.4. The molecule has 4 bridgehead atoms. The molecule has 5 rings (SSSR count). The van der Waals surface area contributed by atoms with Crippen LogP contribution in [0.2, 0.25) is 0 Å². The van der Waals surface area contributed by atoms with Gasteiger partial charge in [-0.15, -0.1) is 11.8 Å². The van der Waals surface area contributed by atoms with Crippen molar-refractivity contribution >= 4 is 35.3 Å². The van der Waals surface area contributed by atoms with Crippen molar-refractivity contribution in [1.29, 1.82) is 0 Å². The molecule has 1 N–H and O–H groups in total. The van der Waals surface area contributed by atoms with Gasteiger partial charge < -0.3 is 9.15 Å². The molecule has 1 amide bonds. The summed E-state index contributed by atoms with van der Waals surface area (Å²) in [6, 6.07) is 0. The summed E-state index contributed by atoms with van der Waals surface area (Å²) in [7, 11) is 0. The largest absolute Gasteiger partial charge is 0.462 e. The van der Waals surface area contributed by atoms with Crippen LogP contribution in [0, 0.1) is 24.7 Å². The Hall–Kier alpha value is -1.76. The molecule has 4 saturated carbocycles. The van der Waals surface area contributed by atoms with E-state index in [4.69, 9.17) is 9.15 Å². The SMILES string of the molecule is CCOC(=O)c1c(NC(=O)CSC23CC4CC(CC(C4)C2)C3)oc(C)c1C(C)=O. The van der Waals surface area contributed by atoms with Gasteiger partial charge in [0.15, 0.2) is 5.78 Å². The lowest BCUT2D eigenvalue weighted by molar-refractivity contribution is -0.114. The highest BCUT2D eigenvalue weighted by Crippen LogP contribution is 2.60. The summed E-state index contributed by atoms with van der Waals surface area (Å²) in [4.78, 5) is 37.1. The smallest absolute Gasteiger partial charge is 0.344 e. The maximum absolute atomic E-state index is 12.7. The summed E-state index contributed by atoms with van der Waals surface area (Å²) >= 11 is 1.77. The van der Waals surface area contributed by atoms with Gasteiger partial charge in [0, 0.05) is 4.75 Å². The van der Waals surface area contributed by atoms with E-state index in [1.165, 1.54) is 45.4 Å². The second kappa shape index (κ2) is 7.82. The number of thioether (sulfide) groups is 1. The number of anilines is 1. The van der Waals surface area contributed by atoms with Gasteiger partial charge in [0.1, 0.15) is 11.3 Å². The standard InChI is InChI=1S/C22H29NO5S/c1-4-27-21(26)19-18(12(2)24)13(3)28-20(19)23-17(25)11-29-22-8-14-5-15(9-22)7-16(6-14)10-22/h14-16H,4-11H2,1-3H3,(H,23,25). The summed E-state index contributed by atoms with van der Waals surface area (Å²) in [6.07, 6.45) is 7.77. The van der Waals surface area contributed by atoms with Gasteiger partial charge in [0.2, 0.25) is 11.8 Å². The van der Waals surface area contributed by atoms with Crippen LogP contribution < -0.4 is 5.32 Å². The normalized spacial score (nSPS) is 29.7. The molecule has 4 fully saturated rings. The number of Topliss-reactive ketones (excluding diaryl/α,β-unsaturated/α-hetero) is 1. The minimum atomic E-state index is -0.654. The number of carbonyl (C=O) groups excluding carboxylic acids is 3. The Morgan fingerprint density at radius 1 is 1.10 bits per heavy atom. The predicted molar refractivity (Wildman–Crippen MR) is 111 cm³/mol. The number of esters is 1. The van der Waals surface area contributed by atoms with E-state index in [-0.39, 0.29) is 40.1 Å². The maximum atomic E-state index is 12.7. The fourth-order valence-corrected chi connectivity index (χ4v) is 7.61. The quantitative estimate of drug-likeness (QED) is 0.513. The van der Waals surface area contributed by atoms with Crippen molar-refractivity contribution in [3.05, 3.63) is 16.9 Å². The molecule has 158 valence electrons. The van der Waals surface area contributed by atoms with Crippen LogP contribution in [0.15, 0.2) is 4.42 Å². The average molecular weight is 420 g/mol. The maximum Gasteiger partial charge on any atom is 0.344 e. The van der Waals surface area contributed by atoms with Crippen molar-refractivity contribution in [1.82, 2.24) is 0 Å². The number of amides is 1. The van der Waals surface area contributed by atoms with E-state index in [0.717, 1.165) is 17.8 Å². The van der Waals surface area contributed by atoms with Gasteiger partial charge >= 0.3 is 5.97 Å². The molecule has 0 spiro atoms. The molecule has 0 aliphatic heterocycles. The molecule has 6 nitrogen and oxygen atoms in total. The van der Waals surface area contributed by atoms with Gasteiger partial charge in [0.25, 0.3) is 0 Å². The van der Waals surface area contributed by atoms with Crippen LogP contribution in [-0.2, 0) is 9.53 Å². The molecule has 0 unspecified atom stereocenters. The third-order valence-electron chi connectivity index (χ3n) is 6.66. The molecule has 7 heteroatoms. The Balaban J connectivity index is 1.45. The first-order valence-corrected chi connectivity index (χ1v) is 11.5. The van der Waals surface area contributed by atoms with Crippen molar-refractivity contribution in [3.63, 3.8) is 0 Å². The molecule has 29 heavy (non-hydrogen) atoms. The average Bonchev–Trinajstić information content (AvgIpc) is 2.95. The minimum absolute atomic E-state index is 0.0160. The number of carbonyl (C=O) groups is 3. The summed E-state index contributed by atoms with van der Waals surface area (Å²) in [5.41, 5.74) is 0.192. The van der Waals surface area contributed by atoms with Crippen LogP contribution in [0.1, 0.15) is 78.8 Å². The summed E-state index contributed by atoms with van der Waals surface area (Å²) < 4.78 is 10.9. The summed E-state index contributed by atoms with van der Waals surface area (Å²) in [5, 5.41) is 2.72. The van der Waals surface area contributed by atoms with E-state index in [1.54, 1.807) is 25.6 Å². The molecule has 0 radical (unpaired) electrons. The number of nitrogens with one attached hydrogen (secondary N) is 1. The molecule has 1 aromatic heterocycles. The van der Waals surface area contributed by atoms with E-state index in [0.29, 0.717) is 11.5 Å². The van der Waals surface area contributed by atoms with E-state index in [1.807, 2.05) is 0 Å². The highest BCUT2D eigenvalue weighted by Gasteiger charge is 2.51. The lowest BCUT2D eigenvalue weighted by Gasteiger charge is -2.56. The van der Waals surface area contributed by atoms with Gasteiger partial charge in [-0.05, 0) is 77.0 Å².